The summed E-state index contributed by atoms with van der Waals surface area (Å²) in [5.41, 5.74) is 2.30. The quantitative estimate of drug-likeness (QED) is 0.541. The molecule has 0 amide bonds. The first-order valence-corrected chi connectivity index (χ1v) is 10.9. The molecule has 3 nitrogen and oxygen atoms in total. The molecule has 1 saturated heterocycles. The Morgan fingerprint density at radius 1 is 1.04 bits per heavy atom. The van der Waals surface area contributed by atoms with Gasteiger partial charge in [-0.15, -0.1) is 0 Å². The molecule has 0 radical (unpaired) electrons. The first-order chi connectivity index (χ1) is 13.4. The normalized spacial score (nSPS) is 20.0. The van der Waals surface area contributed by atoms with Crippen LogP contribution in [-0.2, 0) is 0 Å². The van der Waals surface area contributed by atoms with Crippen LogP contribution in [0.25, 0.3) is 0 Å². The van der Waals surface area contributed by atoms with Crippen molar-refractivity contribution in [3.05, 3.63) is 63.1 Å². The Bertz CT molecular complexity index is 764. The highest BCUT2D eigenvalue weighted by atomic mass is 35.5. The first-order valence-electron chi connectivity index (χ1n) is 9.79. The van der Waals surface area contributed by atoms with Gasteiger partial charge in [-0.3, -0.25) is 0 Å². The van der Waals surface area contributed by atoms with Crippen molar-refractivity contribution in [1.82, 2.24) is 10.2 Å². The molecule has 6 heteroatoms. The van der Waals surface area contributed by atoms with Crippen LogP contribution >= 0.6 is 34.8 Å². The van der Waals surface area contributed by atoms with Crippen LogP contribution in [0.3, 0.4) is 0 Å². The average Bonchev–Trinajstić information content (AvgIpc) is 2.66. The largest absolute Gasteiger partial charge is 0.363 e. The summed E-state index contributed by atoms with van der Waals surface area (Å²) in [6.45, 7) is 3.09. The van der Waals surface area contributed by atoms with Crippen LogP contribution in [0.15, 0.2) is 42.5 Å². The number of anilines is 1. The Balaban J connectivity index is 1.77. The summed E-state index contributed by atoms with van der Waals surface area (Å²) in [4.78, 5) is 4.63. The minimum atomic E-state index is 0.246. The monoisotopic (exact) mass is 439 g/mol. The Hall–Kier alpha value is -0.970. The van der Waals surface area contributed by atoms with Crippen LogP contribution in [-0.4, -0.2) is 44.7 Å². The highest BCUT2D eigenvalue weighted by Crippen LogP contribution is 2.39. The van der Waals surface area contributed by atoms with E-state index < -0.39 is 0 Å². The fraction of sp³-hybridized carbons (Fsp3) is 0.455. The maximum Gasteiger partial charge on any atom is 0.0654 e. The number of halogens is 3. The summed E-state index contributed by atoms with van der Waals surface area (Å²) in [7, 11) is 4.23. The molecule has 1 N–H and O–H groups in total. The van der Waals surface area contributed by atoms with Gasteiger partial charge in [-0.25, -0.2) is 0 Å². The molecular formula is C22H28Cl3N3. The predicted molar refractivity (Wildman–Crippen MR) is 122 cm³/mol. The van der Waals surface area contributed by atoms with Gasteiger partial charge in [-0.2, -0.15) is 0 Å². The average molecular weight is 441 g/mol. The van der Waals surface area contributed by atoms with Gasteiger partial charge in [-0.1, -0.05) is 46.9 Å². The van der Waals surface area contributed by atoms with Crippen molar-refractivity contribution in [2.75, 3.05) is 38.6 Å². The zero-order valence-corrected chi connectivity index (χ0v) is 18.7. The molecule has 1 aliphatic rings. The molecule has 1 fully saturated rings. The Morgan fingerprint density at radius 2 is 1.75 bits per heavy atom. The van der Waals surface area contributed by atoms with Crippen molar-refractivity contribution in [2.24, 2.45) is 0 Å². The van der Waals surface area contributed by atoms with E-state index in [1.54, 1.807) is 0 Å². The number of benzene rings is 2. The molecule has 2 aromatic rings. The number of hydrogen-bond acceptors (Lipinski definition) is 3. The van der Waals surface area contributed by atoms with E-state index in [0.717, 1.165) is 49.6 Å². The summed E-state index contributed by atoms with van der Waals surface area (Å²) in [5, 5.41) is 5.87. The second-order valence-electron chi connectivity index (χ2n) is 7.69. The van der Waals surface area contributed by atoms with Crippen LogP contribution in [0.4, 0.5) is 5.69 Å². The lowest BCUT2D eigenvalue weighted by molar-refractivity contribution is 0.342. The van der Waals surface area contributed by atoms with E-state index in [4.69, 9.17) is 34.8 Å². The highest BCUT2D eigenvalue weighted by molar-refractivity contribution is 6.36. The van der Waals surface area contributed by atoms with E-state index in [2.05, 4.69) is 41.3 Å². The number of hydrogen-bond donors (Lipinski definition) is 1. The molecule has 0 bridgehead atoms. The molecule has 3 rings (SSSR count). The minimum Gasteiger partial charge on any atom is -0.363 e. The number of piperidine rings is 1. The Kier molecular flexibility index (Phi) is 7.90. The predicted octanol–water partition coefficient (Wildman–Crippen LogP) is 5.90. The van der Waals surface area contributed by atoms with Gasteiger partial charge in [0, 0.05) is 22.6 Å². The van der Waals surface area contributed by atoms with Crippen molar-refractivity contribution in [1.29, 1.82) is 0 Å². The standard InChI is InChI=1S/C22H28Cl3N3/c1-27(2)12-3-11-26-19-10-13-28(21-9-8-18(24)14-20(21)25)22(15-19)16-4-6-17(23)7-5-16/h4-9,14,19,22,26H,3,10-13,15H2,1-2H3. The van der Waals surface area contributed by atoms with E-state index in [1.165, 1.54) is 5.56 Å². The Morgan fingerprint density at radius 3 is 2.43 bits per heavy atom. The maximum atomic E-state index is 6.54. The fourth-order valence-electron chi connectivity index (χ4n) is 3.86. The van der Waals surface area contributed by atoms with E-state index in [-0.39, 0.29) is 6.04 Å². The smallest absolute Gasteiger partial charge is 0.0654 e. The molecular weight excluding hydrogens is 413 g/mol. The molecule has 0 saturated carbocycles. The molecule has 0 aliphatic carbocycles. The molecule has 152 valence electrons. The van der Waals surface area contributed by atoms with Crippen molar-refractivity contribution in [2.45, 2.75) is 31.3 Å². The number of nitrogens with one attached hydrogen (secondary N) is 1. The molecule has 2 atom stereocenters. The van der Waals surface area contributed by atoms with Crippen LogP contribution in [0.2, 0.25) is 15.1 Å². The van der Waals surface area contributed by atoms with Gasteiger partial charge in [0.1, 0.15) is 0 Å². The van der Waals surface area contributed by atoms with Crippen molar-refractivity contribution >= 4 is 40.5 Å². The van der Waals surface area contributed by atoms with Crippen LogP contribution in [0, 0.1) is 0 Å². The summed E-state index contributed by atoms with van der Waals surface area (Å²) >= 11 is 18.8. The summed E-state index contributed by atoms with van der Waals surface area (Å²) in [6.07, 6.45) is 3.27. The third-order valence-electron chi connectivity index (χ3n) is 5.29. The molecule has 0 spiro atoms. The van der Waals surface area contributed by atoms with E-state index >= 15 is 0 Å². The first kappa shape index (κ1) is 21.7. The van der Waals surface area contributed by atoms with Gasteiger partial charge in [-0.05, 0) is 82.3 Å². The van der Waals surface area contributed by atoms with Crippen molar-refractivity contribution < 1.29 is 0 Å². The van der Waals surface area contributed by atoms with Gasteiger partial charge in [0.2, 0.25) is 0 Å². The molecule has 1 heterocycles. The zero-order chi connectivity index (χ0) is 20.1. The van der Waals surface area contributed by atoms with Crippen LogP contribution < -0.4 is 10.2 Å². The Labute approximate surface area is 183 Å². The minimum absolute atomic E-state index is 0.246. The molecule has 0 aromatic heterocycles. The summed E-state index contributed by atoms with van der Waals surface area (Å²) in [6, 6.07) is 14.7. The van der Waals surface area contributed by atoms with Crippen LogP contribution in [0.1, 0.15) is 30.9 Å². The van der Waals surface area contributed by atoms with E-state index in [1.807, 2.05) is 30.3 Å². The summed E-state index contributed by atoms with van der Waals surface area (Å²) < 4.78 is 0. The molecule has 2 aromatic carbocycles. The lowest BCUT2D eigenvalue weighted by Crippen LogP contribution is -2.45. The fourth-order valence-corrected chi connectivity index (χ4v) is 4.50. The second kappa shape index (κ2) is 10.2. The van der Waals surface area contributed by atoms with Gasteiger partial charge in [0.25, 0.3) is 0 Å². The number of nitrogens with zero attached hydrogens (tertiary/aromatic N) is 2. The maximum absolute atomic E-state index is 6.54. The SMILES string of the molecule is CN(C)CCCNC1CCN(c2ccc(Cl)cc2Cl)C(c2ccc(Cl)cc2)C1. The molecule has 1 aliphatic heterocycles. The van der Waals surface area contributed by atoms with Gasteiger partial charge in [0.05, 0.1) is 16.8 Å². The molecule has 28 heavy (non-hydrogen) atoms. The van der Waals surface area contributed by atoms with E-state index in [9.17, 15) is 0 Å². The van der Waals surface area contributed by atoms with Gasteiger partial charge >= 0.3 is 0 Å². The molecule has 2 unspecified atom stereocenters. The topological polar surface area (TPSA) is 18.5 Å². The lowest BCUT2D eigenvalue weighted by atomic mass is 9.91. The zero-order valence-electron chi connectivity index (χ0n) is 16.5. The summed E-state index contributed by atoms with van der Waals surface area (Å²) in [5.74, 6) is 0. The van der Waals surface area contributed by atoms with E-state index in [0.29, 0.717) is 16.1 Å². The second-order valence-corrected chi connectivity index (χ2v) is 8.97. The third kappa shape index (κ3) is 5.77. The van der Waals surface area contributed by atoms with Crippen LogP contribution in [0.5, 0.6) is 0 Å². The number of rotatable bonds is 7. The van der Waals surface area contributed by atoms with Crippen molar-refractivity contribution in [3.63, 3.8) is 0 Å². The van der Waals surface area contributed by atoms with Crippen molar-refractivity contribution in [3.8, 4) is 0 Å². The van der Waals surface area contributed by atoms with Gasteiger partial charge in [0.15, 0.2) is 0 Å². The van der Waals surface area contributed by atoms with Gasteiger partial charge < -0.3 is 15.1 Å². The third-order valence-corrected chi connectivity index (χ3v) is 6.08. The highest BCUT2D eigenvalue weighted by Gasteiger charge is 2.30. The lowest BCUT2D eigenvalue weighted by Gasteiger charge is -2.42.